The Balaban J connectivity index is 0.00000450. The van der Waals surface area contributed by atoms with Gasteiger partial charge in [0, 0.05) is 38.8 Å². The van der Waals surface area contributed by atoms with Crippen LogP contribution in [0.2, 0.25) is 0 Å². The molecule has 0 spiro atoms. The maximum Gasteiger partial charge on any atom is 0.191 e. The van der Waals surface area contributed by atoms with Gasteiger partial charge in [0.2, 0.25) is 0 Å². The van der Waals surface area contributed by atoms with Crippen molar-refractivity contribution in [1.82, 2.24) is 20.4 Å². The summed E-state index contributed by atoms with van der Waals surface area (Å²) in [5.41, 5.74) is 1.22. The Bertz CT molecular complexity index is 644. The Kier molecular flexibility index (Phi) is 13.1. The van der Waals surface area contributed by atoms with Gasteiger partial charge in [-0.25, -0.2) is 0 Å². The van der Waals surface area contributed by atoms with E-state index in [4.69, 9.17) is 14.5 Å². The fourth-order valence-corrected chi connectivity index (χ4v) is 3.41. The van der Waals surface area contributed by atoms with Gasteiger partial charge in [-0.1, -0.05) is 6.07 Å². The van der Waals surface area contributed by atoms with E-state index in [0.29, 0.717) is 19.3 Å². The van der Waals surface area contributed by atoms with Crippen LogP contribution in [0.5, 0.6) is 11.5 Å². The highest BCUT2D eigenvalue weighted by atomic mass is 127. The molecule has 0 aromatic heterocycles. The number of hydrogen-bond acceptors (Lipinski definition) is 5. The molecular weight excluding hydrogens is 493 g/mol. The lowest BCUT2D eigenvalue weighted by atomic mass is 10.1. The Morgan fingerprint density at radius 2 is 1.80 bits per heavy atom. The van der Waals surface area contributed by atoms with E-state index in [2.05, 4.69) is 53.6 Å². The summed E-state index contributed by atoms with van der Waals surface area (Å²) < 4.78 is 11.4. The number of aliphatic imine (C=N–C) groups is 1. The molecule has 0 saturated carbocycles. The third kappa shape index (κ3) is 8.85. The number of benzene rings is 1. The molecular formula is C22H40IN5O2. The molecule has 8 heteroatoms. The van der Waals surface area contributed by atoms with E-state index in [9.17, 15) is 0 Å². The van der Waals surface area contributed by atoms with Gasteiger partial charge in [-0.3, -0.25) is 9.89 Å². The summed E-state index contributed by atoms with van der Waals surface area (Å²) in [6.07, 6.45) is 0.892. The van der Waals surface area contributed by atoms with Crippen LogP contribution in [0.25, 0.3) is 0 Å². The second-order valence-corrected chi connectivity index (χ2v) is 7.44. The SMILES string of the molecule is CCNC(=NCC1CN(C)CCN1C)NCCc1ccc(OCC)c(OCC)c1.I. The third-order valence-corrected chi connectivity index (χ3v) is 5.10. The Morgan fingerprint density at radius 3 is 2.50 bits per heavy atom. The predicted molar refractivity (Wildman–Crippen MR) is 136 cm³/mol. The van der Waals surface area contributed by atoms with Crippen molar-refractivity contribution < 1.29 is 9.47 Å². The first-order valence-electron chi connectivity index (χ1n) is 10.9. The van der Waals surface area contributed by atoms with E-state index in [1.54, 1.807) is 0 Å². The number of likely N-dealkylation sites (N-methyl/N-ethyl adjacent to an activating group) is 2. The largest absolute Gasteiger partial charge is 0.490 e. The van der Waals surface area contributed by atoms with Crippen molar-refractivity contribution in [3.05, 3.63) is 23.8 Å². The number of guanidine groups is 1. The highest BCUT2D eigenvalue weighted by molar-refractivity contribution is 14.0. The van der Waals surface area contributed by atoms with Crippen LogP contribution in [-0.2, 0) is 6.42 Å². The van der Waals surface area contributed by atoms with Gasteiger partial charge in [0.25, 0.3) is 0 Å². The molecule has 1 aromatic carbocycles. The van der Waals surface area contributed by atoms with Crippen LogP contribution in [0.3, 0.4) is 0 Å². The first-order valence-corrected chi connectivity index (χ1v) is 10.9. The van der Waals surface area contributed by atoms with Crippen molar-refractivity contribution >= 4 is 29.9 Å². The number of piperazine rings is 1. The molecule has 0 aliphatic carbocycles. The summed E-state index contributed by atoms with van der Waals surface area (Å²) in [5, 5.41) is 6.81. The van der Waals surface area contributed by atoms with E-state index in [1.807, 2.05) is 19.9 Å². The Morgan fingerprint density at radius 1 is 1.07 bits per heavy atom. The van der Waals surface area contributed by atoms with Gasteiger partial charge < -0.3 is 25.0 Å². The first kappa shape index (κ1) is 26.8. The predicted octanol–water partition coefficient (Wildman–Crippen LogP) is 2.45. The summed E-state index contributed by atoms with van der Waals surface area (Å²) >= 11 is 0. The first-order chi connectivity index (χ1) is 14.1. The normalized spacial score (nSPS) is 17.9. The molecule has 1 atom stereocenters. The maximum absolute atomic E-state index is 5.73. The van der Waals surface area contributed by atoms with E-state index in [1.165, 1.54) is 5.56 Å². The molecule has 1 aliphatic rings. The molecule has 1 saturated heterocycles. The minimum Gasteiger partial charge on any atom is -0.490 e. The molecule has 0 amide bonds. The number of halogens is 1. The number of ether oxygens (including phenoxy) is 2. The number of nitrogens with zero attached hydrogens (tertiary/aromatic N) is 3. The fraction of sp³-hybridized carbons (Fsp3) is 0.682. The average Bonchev–Trinajstić information content (AvgIpc) is 2.70. The lowest BCUT2D eigenvalue weighted by Crippen LogP contribution is -2.51. The highest BCUT2D eigenvalue weighted by Crippen LogP contribution is 2.28. The molecule has 1 unspecified atom stereocenters. The minimum absolute atomic E-state index is 0. The van der Waals surface area contributed by atoms with Crippen molar-refractivity contribution in [2.24, 2.45) is 4.99 Å². The van der Waals surface area contributed by atoms with Crippen LogP contribution in [0.15, 0.2) is 23.2 Å². The second-order valence-electron chi connectivity index (χ2n) is 7.44. The minimum atomic E-state index is 0. The number of rotatable bonds is 10. The molecule has 30 heavy (non-hydrogen) atoms. The summed E-state index contributed by atoms with van der Waals surface area (Å²) in [4.78, 5) is 9.60. The van der Waals surface area contributed by atoms with Crippen molar-refractivity contribution in [3.63, 3.8) is 0 Å². The molecule has 7 nitrogen and oxygen atoms in total. The smallest absolute Gasteiger partial charge is 0.191 e. The Labute approximate surface area is 199 Å². The molecule has 172 valence electrons. The quantitative estimate of drug-likeness (QED) is 0.274. The highest BCUT2D eigenvalue weighted by Gasteiger charge is 2.21. The summed E-state index contributed by atoms with van der Waals surface area (Å²) in [6, 6.07) is 6.64. The van der Waals surface area contributed by atoms with Crippen molar-refractivity contribution in [1.29, 1.82) is 0 Å². The van der Waals surface area contributed by atoms with Crippen LogP contribution >= 0.6 is 24.0 Å². The number of nitrogens with one attached hydrogen (secondary N) is 2. The van der Waals surface area contributed by atoms with Crippen LogP contribution < -0.4 is 20.1 Å². The molecule has 1 fully saturated rings. The Hall–Kier alpha value is -1.26. The topological polar surface area (TPSA) is 61.4 Å². The summed E-state index contributed by atoms with van der Waals surface area (Å²) in [6.45, 7) is 13.1. The molecule has 0 bridgehead atoms. The lowest BCUT2D eigenvalue weighted by Gasteiger charge is -2.36. The molecule has 1 aromatic rings. The zero-order valence-corrected chi connectivity index (χ0v) is 21.6. The number of hydrogen-bond donors (Lipinski definition) is 2. The van der Waals surface area contributed by atoms with E-state index < -0.39 is 0 Å². The van der Waals surface area contributed by atoms with Crippen LogP contribution in [0.4, 0.5) is 0 Å². The van der Waals surface area contributed by atoms with Crippen LogP contribution in [0, 0.1) is 0 Å². The molecule has 1 heterocycles. The van der Waals surface area contributed by atoms with E-state index in [0.717, 1.165) is 63.1 Å². The monoisotopic (exact) mass is 533 g/mol. The van der Waals surface area contributed by atoms with Gasteiger partial charge in [0.1, 0.15) is 0 Å². The zero-order chi connectivity index (χ0) is 21.1. The standard InChI is InChI=1S/C22H39N5O2.HI/c1-6-23-22(25-16-19-17-26(4)13-14-27(19)5)24-12-11-18-9-10-20(28-7-2)21(15-18)29-8-3;/h9-10,15,19H,6-8,11-14,16-17H2,1-5H3,(H2,23,24,25);1H. The zero-order valence-electron chi connectivity index (χ0n) is 19.2. The molecule has 0 radical (unpaired) electrons. The van der Waals surface area contributed by atoms with Crippen molar-refractivity contribution in [3.8, 4) is 11.5 Å². The van der Waals surface area contributed by atoms with Crippen molar-refractivity contribution in [2.75, 3.05) is 66.6 Å². The average molecular weight is 533 g/mol. The van der Waals surface area contributed by atoms with E-state index >= 15 is 0 Å². The third-order valence-electron chi connectivity index (χ3n) is 5.10. The molecule has 1 aliphatic heterocycles. The summed E-state index contributed by atoms with van der Waals surface area (Å²) in [7, 11) is 4.37. The second kappa shape index (κ2) is 14.7. The van der Waals surface area contributed by atoms with Gasteiger partial charge in [0.05, 0.1) is 19.8 Å². The van der Waals surface area contributed by atoms with Gasteiger partial charge in [-0.2, -0.15) is 0 Å². The summed E-state index contributed by atoms with van der Waals surface area (Å²) in [5.74, 6) is 2.50. The molecule has 2 rings (SSSR count). The van der Waals surface area contributed by atoms with Crippen molar-refractivity contribution in [2.45, 2.75) is 33.2 Å². The van der Waals surface area contributed by atoms with Gasteiger partial charge in [-0.05, 0) is 59.0 Å². The van der Waals surface area contributed by atoms with Crippen LogP contribution in [-0.4, -0.2) is 88.4 Å². The fourth-order valence-electron chi connectivity index (χ4n) is 3.41. The van der Waals surface area contributed by atoms with Crippen LogP contribution in [0.1, 0.15) is 26.3 Å². The maximum atomic E-state index is 5.73. The molecule has 2 N–H and O–H groups in total. The van der Waals surface area contributed by atoms with Gasteiger partial charge in [-0.15, -0.1) is 24.0 Å². The van der Waals surface area contributed by atoms with Gasteiger partial charge >= 0.3 is 0 Å². The van der Waals surface area contributed by atoms with Gasteiger partial charge in [0.15, 0.2) is 17.5 Å². The van der Waals surface area contributed by atoms with E-state index in [-0.39, 0.29) is 24.0 Å². The lowest BCUT2D eigenvalue weighted by molar-refractivity contribution is 0.119.